The van der Waals surface area contributed by atoms with Gasteiger partial charge in [0.25, 0.3) is 0 Å². The summed E-state index contributed by atoms with van der Waals surface area (Å²) in [6.45, 7) is 6.20. The summed E-state index contributed by atoms with van der Waals surface area (Å²) in [4.78, 5) is 29.9. The first-order valence-electron chi connectivity index (χ1n) is 12.1. The quantitative estimate of drug-likeness (QED) is 0.658. The molecule has 0 saturated carbocycles. The number of carbonyl (C=O) groups is 2. The predicted octanol–water partition coefficient (Wildman–Crippen LogP) is 4.91. The van der Waals surface area contributed by atoms with Crippen molar-refractivity contribution in [1.82, 2.24) is 4.90 Å². The molecule has 2 saturated heterocycles. The second-order valence-corrected chi connectivity index (χ2v) is 9.28. The first kappa shape index (κ1) is 22.5. The third-order valence-corrected chi connectivity index (χ3v) is 6.78. The predicted molar refractivity (Wildman–Crippen MR) is 130 cm³/mol. The number of Topliss-reactive ketones (excluding diaryl/α,β-unsaturated/α-hetero) is 1. The molecule has 0 spiro atoms. The zero-order valence-corrected chi connectivity index (χ0v) is 19.2. The number of hydrogen-bond acceptors (Lipinski definition) is 4. The lowest BCUT2D eigenvalue weighted by molar-refractivity contribution is -0.117. The van der Waals surface area contributed by atoms with E-state index >= 15 is 0 Å². The van der Waals surface area contributed by atoms with E-state index in [-0.39, 0.29) is 17.6 Å². The van der Waals surface area contributed by atoms with Gasteiger partial charge >= 0.3 is 0 Å². The monoisotopic (exact) mass is 433 g/mol. The second kappa shape index (κ2) is 10.8. The topological polar surface area (TPSA) is 52.7 Å². The minimum Gasteiger partial charge on any atom is -0.372 e. The van der Waals surface area contributed by atoms with Gasteiger partial charge in [-0.2, -0.15) is 0 Å². The lowest BCUT2D eigenvalue weighted by Gasteiger charge is -2.30. The third kappa shape index (κ3) is 5.98. The zero-order valence-electron chi connectivity index (χ0n) is 19.2. The number of amides is 1. The number of benzene rings is 2. The molecule has 2 aliphatic rings. The number of rotatable bonds is 6. The average Bonchev–Trinajstić information content (AvgIpc) is 3.10. The molecule has 2 heterocycles. The van der Waals surface area contributed by atoms with E-state index in [1.807, 2.05) is 43.3 Å². The van der Waals surface area contributed by atoms with E-state index < -0.39 is 0 Å². The molecule has 0 radical (unpaired) electrons. The van der Waals surface area contributed by atoms with Crippen molar-refractivity contribution in [3.63, 3.8) is 0 Å². The Kier molecular flexibility index (Phi) is 7.59. The van der Waals surface area contributed by atoms with Gasteiger partial charge < -0.3 is 10.2 Å². The van der Waals surface area contributed by atoms with Gasteiger partial charge in [-0.3, -0.25) is 14.5 Å². The minimum absolute atomic E-state index is 0.0100. The molecule has 0 atom stereocenters. The van der Waals surface area contributed by atoms with Crippen LogP contribution in [0.2, 0.25) is 0 Å². The molecule has 2 aromatic carbocycles. The summed E-state index contributed by atoms with van der Waals surface area (Å²) in [5.74, 6) is 0.304. The zero-order chi connectivity index (χ0) is 22.3. The number of nitrogens with zero attached hydrogens (tertiary/aromatic N) is 2. The van der Waals surface area contributed by atoms with Crippen molar-refractivity contribution in [2.75, 3.05) is 42.9 Å². The first-order valence-corrected chi connectivity index (χ1v) is 12.1. The van der Waals surface area contributed by atoms with Crippen LogP contribution in [0.1, 0.15) is 54.4 Å². The van der Waals surface area contributed by atoms with Crippen LogP contribution >= 0.6 is 0 Å². The average molecular weight is 434 g/mol. The van der Waals surface area contributed by atoms with E-state index in [9.17, 15) is 9.59 Å². The third-order valence-electron chi connectivity index (χ3n) is 6.78. The molecule has 2 aromatic rings. The van der Waals surface area contributed by atoms with Crippen molar-refractivity contribution in [3.8, 4) is 0 Å². The molecule has 0 bridgehead atoms. The van der Waals surface area contributed by atoms with E-state index in [1.54, 1.807) is 0 Å². The van der Waals surface area contributed by atoms with Crippen molar-refractivity contribution >= 4 is 23.1 Å². The summed E-state index contributed by atoms with van der Waals surface area (Å²) < 4.78 is 0. The summed E-state index contributed by atoms with van der Waals surface area (Å²) in [6.07, 6.45) is 6.77. The highest BCUT2D eigenvalue weighted by atomic mass is 16.2. The summed E-state index contributed by atoms with van der Waals surface area (Å²) in [7, 11) is 0. The Labute approximate surface area is 191 Å². The molecule has 5 nitrogen and oxygen atoms in total. The number of carbonyl (C=O) groups excluding carboxylic acids is 2. The van der Waals surface area contributed by atoms with Gasteiger partial charge in [-0.15, -0.1) is 0 Å². The van der Waals surface area contributed by atoms with Crippen LogP contribution in [0.4, 0.5) is 11.4 Å². The second-order valence-electron chi connectivity index (χ2n) is 9.28. The molecule has 5 heteroatoms. The molecule has 1 amide bonds. The molecule has 0 aromatic heterocycles. The maximum absolute atomic E-state index is 12.7. The van der Waals surface area contributed by atoms with E-state index in [2.05, 4.69) is 27.2 Å². The molecule has 170 valence electrons. The van der Waals surface area contributed by atoms with Crippen LogP contribution in [0, 0.1) is 12.8 Å². The Balaban J connectivity index is 1.22. The molecule has 0 aliphatic carbocycles. The number of anilines is 2. The number of likely N-dealkylation sites (tertiary alicyclic amines) is 1. The smallest absolute Gasteiger partial charge is 0.238 e. The summed E-state index contributed by atoms with van der Waals surface area (Å²) in [6, 6.07) is 16.1. The fraction of sp³-hybridized carbons (Fsp3) is 0.481. The Morgan fingerprint density at radius 2 is 1.47 bits per heavy atom. The van der Waals surface area contributed by atoms with Crippen LogP contribution < -0.4 is 10.2 Å². The standard InChI is InChI=1S/C27H35N3O2/c1-21-6-8-22(9-7-21)27(32)23-14-18-29(19-15-23)20-26(31)28-24-10-12-25(13-11-24)30-16-4-2-3-5-17-30/h6-13,23H,2-5,14-20H2,1H3,(H,28,31). The van der Waals surface area contributed by atoms with E-state index in [1.165, 1.54) is 36.9 Å². The Hall–Kier alpha value is -2.66. The Morgan fingerprint density at radius 3 is 2.09 bits per heavy atom. The summed E-state index contributed by atoms with van der Waals surface area (Å²) in [5, 5.41) is 3.03. The maximum atomic E-state index is 12.7. The highest BCUT2D eigenvalue weighted by molar-refractivity contribution is 5.98. The molecule has 32 heavy (non-hydrogen) atoms. The Bertz CT molecular complexity index is 892. The number of piperidine rings is 1. The van der Waals surface area contributed by atoms with Gasteiger partial charge in [-0.1, -0.05) is 42.7 Å². The van der Waals surface area contributed by atoms with Crippen LogP contribution in [-0.4, -0.2) is 49.3 Å². The van der Waals surface area contributed by atoms with Gasteiger partial charge in [0.2, 0.25) is 5.91 Å². The molecular formula is C27H35N3O2. The van der Waals surface area contributed by atoms with Gasteiger partial charge in [-0.05, 0) is 70.0 Å². The van der Waals surface area contributed by atoms with Crippen molar-refractivity contribution in [1.29, 1.82) is 0 Å². The lowest BCUT2D eigenvalue weighted by Crippen LogP contribution is -2.40. The highest BCUT2D eigenvalue weighted by Crippen LogP contribution is 2.23. The van der Waals surface area contributed by atoms with Crippen molar-refractivity contribution in [2.45, 2.75) is 45.4 Å². The van der Waals surface area contributed by atoms with E-state index in [4.69, 9.17) is 0 Å². The van der Waals surface area contributed by atoms with Crippen LogP contribution in [0.3, 0.4) is 0 Å². The van der Waals surface area contributed by atoms with Gasteiger partial charge in [0, 0.05) is 35.9 Å². The molecular weight excluding hydrogens is 398 g/mol. The number of ketones is 1. The fourth-order valence-corrected chi connectivity index (χ4v) is 4.79. The van der Waals surface area contributed by atoms with Crippen LogP contribution in [-0.2, 0) is 4.79 Å². The molecule has 1 N–H and O–H groups in total. The fourth-order valence-electron chi connectivity index (χ4n) is 4.79. The molecule has 2 aliphatic heterocycles. The Morgan fingerprint density at radius 1 is 0.844 bits per heavy atom. The SMILES string of the molecule is Cc1ccc(C(=O)C2CCN(CC(=O)Nc3ccc(N4CCCCCC4)cc3)CC2)cc1. The first-order chi connectivity index (χ1) is 15.6. The van der Waals surface area contributed by atoms with Crippen LogP contribution in [0.5, 0.6) is 0 Å². The highest BCUT2D eigenvalue weighted by Gasteiger charge is 2.26. The van der Waals surface area contributed by atoms with E-state index in [0.717, 1.165) is 50.3 Å². The summed E-state index contributed by atoms with van der Waals surface area (Å²) in [5.41, 5.74) is 4.05. The van der Waals surface area contributed by atoms with Gasteiger partial charge in [0.05, 0.1) is 6.54 Å². The molecule has 0 unspecified atom stereocenters. The van der Waals surface area contributed by atoms with Crippen molar-refractivity contribution < 1.29 is 9.59 Å². The van der Waals surface area contributed by atoms with Crippen molar-refractivity contribution in [3.05, 3.63) is 59.7 Å². The minimum atomic E-state index is 0.0100. The number of hydrogen-bond donors (Lipinski definition) is 1. The number of nitrogens with one attached hydrogen (secondary N) is 1. The molecule has 4 rings (SSSR count). The van der Waals surface area contributed by atoms with Gasteiger partial charge in [0.1, 0.15) is 0 Å². The maximum Gasteiger partial charge on any atom is 0.238 e. The van der Waals surface area contributed by atoms with E-state index in [0.29, 0.717) is 6.54 Å². The van der Waals surface area contributed by atoms with Crippen LogP contribution in [0.25, 0.3) is 0 Å². The molecule has 2 fully saturated rings. The normalized spacial score (nSPS) is 18.2. The van der Waals surface area contributed by atoms with Crippen LogP contribution in [0.15, 0.2) is 48.5 Å². The van der Waals surface area contributed by atoms with Gasteiger partial charge in [-0.25, -0.2) is 0 Å². The van der Waals surface area contributed by atoms with Crippen molar-refractivity contribution in [2.24, 2.45) is 5.92 Å². The summed E-state index contributed by atoms with van der Waals surface area (Å²) >= 11 is 0. The van der Waals surface area contributed by atoms with Gasteiger partial charge in [0.15, 0.2) is 5.78 Å². The largest absolute Gasteiger partial charge is 0.372 e. The lowest BCUT2D eigenvalue weighted by atomic mass is 9.88. The number of aryl methyl sites for hydroxylation is 1.